The maximum Gasteiger partial charge on any atom is 0.408 e. The Labute approximate surface area is 288 Å². The van der Waals surface area contributed by atoms with Crippen LogP contribution in [0.25, 0.3) is 0 Å². The molecule has 268 valence electrons. The average molecular weight is 703 g/mol. The monoisotopic (exact) mass is 702 g/mol. The third kappa shape index (κ3) is 13.5. The zero-order valence-electron chi connectivity index (χ0n) is 28.4. The predicted molar refractivity (Wildman–Crippen MR) is 184 cm³/mol. The summed E-state index contributed by atoms with van der Waals surface area (Å²) < 4.78 is 66.2. The summed E-state index contributed by atoms with van der Waals surface area (Å²) in [6, 6.07) is 11.7. The highest BCUT2D eigenvalue weighted by molar-refractivity contribution is 7.92. The first-order valence-corrected chi connectivity index (χ1v) is 18.4. The van der Waals surface area contributed by atoms with E-state index < -0.39 is 62.7 Å². The molecular formula is C36H48F2N4O6S. The fourth-order valence-corrected chi connectivity index (χ4v) is 7.61. The number of nitrogens with one attached hydrogen (secondary N) is 2. The second-order valence-corrected chi connectivity index (χ2v) is 14.4. The largest absolute Gasteiger partial charge is 0.458 e. The summed E-state index contributed by atoms with van der Waals surface area (Å²) in [4.78, 5) is 30.6. The van der Waals surface area contributed by atoms with E-state index in [1.54, 1.807) is 18.3 Å². The highest BCUT2D eigenvalue weighted by atomic mass is 32.2. The Bertz CT molecular complexity index is 1570. The van der Waals surface area contributed by atoms with Crippen molar-refractivity contribution in [3.05, 3.63) is 101 Å². The van der Waals surface area contributed by atoms with Crippen LogP contribution in [0.5, 0.6) is 0 Å². The lowest BCUT2D eigenvalue weighted by atomic mass is 10.0. The number of ether oxygens (including phenoxy) is 2. The van der Waals surface area contributed by atoms with Gasteiger partial charge in [-0.25, -0.2) is 26.8 Å². The van der Waals surface area contributed by atoms with E-state index in [4.69, 9.17) is 15.2 Å². The van der Waals surface area contributed by atoms with Gasteiger partial charge in [-0.2, -0.15) is 0 Å². The molecule has 0 aliphatic rings. The van der Waals surface area contributed by atoms with Gasteiger partial charge in [-0.1, -0.05) is 63.9 Å². The number of sulfone groups is 1. The minimum absolute atomic E-state index is 0.0281. The number of amides is 1. The summed E-state index contributed by atoms with van der Waals surface area (Å²) in [5.41, 5.74) is 9.45. The van der Waals surface area contributed by atoms with Crippen LogP contribution in [0.3, 0.4) is 0 Å². The third-order valence-electron chi connectivity index (χ3n) is 8.01. The van der Waals surface area contributed by atoms with E-state index in [1.807, 2.05) is 45.0 Å². The highest BCUT2D eigenvalue weighted by Gasteiger charge is 2.35. The van der Waals surface area contributed by atoms with Crippen LogP contribution in [0.15, 0.2) is 67.0 Å². The van der Waals surface area contributed by atoms with Gasteiger partial charge in [0.15, 0.2) is 9.84 Å². The summed E-state index contributed by atoms with van der Waals surface area (Å²) in [6.07, 6.45) is 3.78. The average Bonchev–Trinajstić information content (AvgIpc) is 3.06. The highest BCUT2D eigenvalue weighted by Crippen LogP contribution is 2.18. The van der Waals surface area contributed by atoms with E-state index in [2.05, 4.69) is 15.6 Å². The maximum absolute atomic E-state index is 14.0. The van der Waals surface area contributed by atoms with E-state index in [9.17, 15) is 26.8 Å². The van der Waals surface area contributed by atoms with E-state index in [1.165, 1.54) is 6.20 Å². The number of nitrogens with zero attached hydrogens (tertiary/aromatic N) is 1. The van der Waals surface area contributed by atoms with Crippen molar-refractivity contribution in [1.82, 2.24) is 15.6 Å². The number of carbonyl (C=O) groups excluding carboxylic acids is 2. The van der Waals surface area contributed by atoms with Crippen molar-refractivity contribution in [2.75, 3.05) is 12.3 Å². The number of pyridine rings is 1. The Hall–Kier alpha value is -3.94. The molecule has 0 aliphatic carbocycles. The summed E-state index contributed by atoms with van der Waals surface area (Å²) >= 11 is 0. The number of aryl methyl sites for hydroxylation is 1. The van der Waals surface area contributed by atoms with E-state index >= 15 is 0 Å². The van der Waals surface area contributed by atoms with E-state index in [0.29, 0.717) is 37.8 Å². The summed E-state index contributed by atoms with van der Waals surface area (Å²) in [5.74, 6) is -3.31. The third-order valence-corrected chi connectivity index (χ3v) is 10.3. The Morgan fingerprint density at radius 1 is 0.918 bits per heavy atom. The number of rotatable bonds is 20. The number of alkyl carbamates (subject to hydrolysis) is 1. The van der Waals surface area contributed by atoms with Crippen molar-refractivity contribution in [2.24, 2.45) is 5.73 Å². The molecule has 0 saturated carbocycles. The molecule has 1 heterocycles. The molecule has 1 aromatic heterocycles. The van der Waals surface area contributed by atoms with Crippen molar-refractivity contribution < 1.29 is 36.3 Å². The van der Waals surface area contributed by atoms with Crippen molar-refractivity contribution in [3.63, 3.8) is 0 Å². The Balaban J connectivity index is 1.85. The zero-order valence-corrected chi connectivity index (χ0v) is 29.2. The molecule has 2 aromatic carbocycles. The number of carbonyl (C=O) groups is 2. The first-order valence-electron chi connectivity index (χ1n) is 16.7. The van der Waals surface area contributed by atoms with Crippen molar-refractivity contribution in [2.45, 2.75) is 95.9 Å². The zero-order chi connectivity index (χ0) is 35.8. The van der Waals surface area contributed by atoms with Crippen LogP contribution in [0.4, 0.5) is 13.6 Å². The van der Waals surface area contributed by atoms with Crippen LogP contribution in [0, 0.1) is 11.6 Å². The smallest absolute Gasteiger partial charge is 0.408 e. The van der Waals surface area contributed by atoms with Crippen LogP contribution in [-0.4, -0.2) is 61.2 Å². The molecular weight excluding hydrogens is 654 g/mol. The quantitative estimate of drug-likeness (QED) is 0.136. The van der Waals surface area contributed by atoms with Gasteiger partial charge in [0.2, 0.25) is 0 Å². The van der Waals surface area contributed by atoms with Crippen molar-refractivity contribution >= 4 is 21.9 Å². The molecule has 0 bridgehead atoms. The molecule has 0 fully saturated rings. The fourth-order valence-electron chi connectivity index (χ4n) is 5.46. The number of hydrogen-bond donors (Lipinski definition) is 3. The number of halogens is 2. The molecule has 4 N–H and O–H groups in total. The van der Waals surface area contributed by atoms with Gasteiger partial charge < -0.3 is 25.8 Å². The van der Waals surface area contributed by atoms with Gasteiger partial charge in [0.25, 0.3) is 0 Å². The van der Waals surface area contributed by atoms with Gasteiger partial charge in [0.1, 0.15) is 30.4 Å². The van der Waals surface area contributed by atoms with Crippen LogP contribution < -0.4 is 16.4 Å². The molecule has 0 saturated heterocycles. The minimum atomic E-state index is -3.89. The van der Waals surface area contributed by atoms with Crippen LogP contribution in [0.1, 0.15) is 68.7 Å². The number of esters is 1. The molecule has 0 aliphatic heterocycles. The maximum atomic E-state index is 14.0. The first-order chi connectivity index (χ1) is 23.4. The molecule has 0 radical (unpaired) electrons. The molecule has 49 heavy (non-hydrogen) atoms. The Kier molecular flexibility index (Phi) is 16.0. The lowest BCUT2D eigenvalue weighted by molar-refractivity contribution is -0.151. The van der Waals surface area contributed by atoms with Crippen LogP contribution in [0.2, 0.25) is 0 Å². The number of benzene rings is 2. The number of hydrogen-bond acceptors (Lipinski definition) is 9. The predicted octanol–water partition coefficient (Wildman–Crippen LogP) is 5.17. The molecule has 3 aromatic rings. The van der Waals surface area contributed by atoms with Crippen LogP contribution in [-0.2, 0) is 50.1 Å². The Morgan fingerprint density at radius 3 is 2.22 bits per heavy atom. The van der Waals surface area contributed by atoms with Crippen LogP contribution >= 0.6 is 0 Å². The molecule has 3 rings (SSSR count). The topological polar surface area (TPSA) is 150 Å². The normalized spacial score (nSPS) is 13.4. The lowest BCUT2D eigenvalue weighted by Crippen LogP contribution is -2.52. The van der Waals surface area contributed by atoms with Gasteiger partial charge in [0.05, 0.1) is 11.0 Å². The lowest BCUT2D eigenvalue weighted by Gasteiger charge is -2.28. The molecule has 1 unspecified atom stereocenters. The summed E-state index contributed by atoms with van der Waals surface area (Å²) in [6.45, 7) is 6.06. The van der Waals surface area contributed by atoms with Gasteiger partial charge >= 0.3 is 12.1 Å². The standard InChI is InChI=1S/C36H48F2N4O6S/c1-4-9-31(10-5-2)49(45,46)24-33(42-36(44)47-23-27-13-8-14-40-21-27)35(43)48-34(22-41-20-26-12-7-11-25(6-3)15-26)32(39)18-28-16-29(37)19-30(38)17-28/h7-8,11-17,19,21,31-34,41H,4-6,9-10,18,20,22-24,39H2,1-3H3,(H,42,44)/t32-,33?,34+/m0/s1. The first kappa shape index (κ1) is 39.5. The molecule has 3 atom stereocenters. The van der Waals surface area contributed by atoms with E-state index in [-0.39, 0.29) is 25.1 Å². The minimum Gasteiger partial charge on any atom is -0.458 e. The van der Waals surface area contributed by atoms with Gasteiger partial charge in [-0.05, 0) is 60.6 Å². The number of nitrogens with two attached hydrogens (primary N) is 1. The molecule has 1 amide bonds. The van der Waals surface area contributed by atoms with Gasteiger partial charge in [-0.3, -0.25) is 4.98 Å². The second-order valence-electron chi connectivity index (χ2n) is 12.1. The molecule has 10 nitrogen and oxygen atoms in total. The van der Waals surface area contributed by atoms with E-state index in [0.717, 1.165) is 35.7 Å². The van der Waals surface area contributed by atoms with Gasteiger partial charge in [0, 0.05) is 43.2 Å². The molecule has 0 spiro atoms. The Morgan fingerprint density at radius 2 is 1.59 bits per heavy atom. The number of aromatic nitrogens is 1. The summed E-state index contributed by atoms with van der Waals surface area (Å²) in [5, 5.41) is 4.90. The molecule has 13 heteroatoms. The van der Waals surface area contributed by atoms with Gasteiger partial charge in [-0.15, -0.1) is 0 Å². The second kappa shape index (κ2) is 19.9. The van der Waals surface area contributed by atoms with Crippen molar-refractivity contribution in [3.8, 4) is 0 Å². The van der Waals surface area contributed by atoms with Crippen molar-refractivity contribution in [1.29, 1.82) is 0 Å². The SMILES string of the molecule is CCCC(CCC)S(=O)(=O)CC(NC(=O)OCc1cccnc1)C(=O)O[C@H](CNCc1cccc(CC)c1)[C@@H](N)Cc1cc(F)cc(F)c1. The fraction of sp³-hybridized carbons (Fsp3) is 0.472. The summed E-state index contributed by atoms with van der Waals surface area (Å²) in [7, 11) is -3.89.